The Kier molecular flexibility index (Phi) is 5.76. The third-order valence-corrected chi connectivity index (χ3v) is 3.32. The minimum atomic E-state index is -0.239. The highest BCUT2D eigenvalue weighted by atomic mass is 19.1. The van der Waals surface area contributed by atoms with Crippen LogP contribution < -0.4 is 10.1 Å². The predicted molar refractivity (Wildman–Crippen MR) is 84.3 cm³/mol. The van der Waals surface area contributed by atoms with Gasteiger partial charge in [0.15, 0.2) is 0 Å². The van der Waals surface area contributed by atoms with Crippen LogP contribution in [0.25, 0.3) is 0 Å². The monoisotopic (exact) mass is 287 g/mol. The van der Waals surface area contributed by atoms with E-state index in [1.54, 1.807) is 6.07 Å². The van der Waals surface area contributed by atoms with Crippen LogP contribution in [-0.4, -0.2) is 6.54 Å². The Bertz CT molecular complexity index is 566. The van der Waals surface area contributed by atoms with Crippen molar-refractivity contribution in [2.75, 3.05) is 6.54 Å². The fraction of sp³-hybridized carbons (Fsp3) is 0.333. The van der Waals surface area contributed by atoms with Crippen molar-refractivity contribution in [1.82, 2.24) is 5.32 Å². The van der Waals surface area contributed by atoms with E-state index in [4.69, 9.17) is 4.74 Å². The summed E-state index contributed by atoms with van der Waals surface area (Å²) < 4.78 is 19.3. The Hall–Kier alpha value is -1.87. The van der Waals surface area contributed by atoms with Gasteiger partial charge < -0.3 is 10.1 Å². The summed E-state index contributed by atoms with van der Waals surface area (Å²) in [5.41, 5.74) is 2.11. The van der Waals surface area contributed by atoms with E-state index in [0.29, 0.717) is 12.3 Å². The Morgan fingerprint density at radius 3 is 2.48 bits per heavy atom. The molecule has 2 aromatic carbocycles. The number of rotatable bonds is 7. The molecule has 0 amide bonds. The first-order valence-electron chi connectivity index (χ1n) is 7.49. The molecule has 0 radical (unpaired) electrons. The minimum Gasteiger partial charge on any atom is -0.457 e. The zero-order chi connectivity index (χ0) is 15.1. The molecule has 3 heteroatoms. The second kappa shape index (κ2) is 7.79. The second-order valence-corrected chi connectivity index (χ2v) is 5.03. The van der Waals surface area contributed by atoms with Crippen LogP contribution in [0.3, 0.4) is 0 Å². The number of aryl methyl sites for hydroxylation is 1. The van der Waals surface area contributed by atoms with Crippen LogP contribution in [0, 0.1) is 5.82 Å². The first kappa shape index (κ1) is 15.5. The lowest BCUT2D eigenvalue weighted by atomic mass is 10.1. The molecule has 0 saturated heterocycles. The fourth-order valence-corrected chi connectivity index (χ4v) is 2.11. The largest absolute Gasteiger partial charge is 0.457 e. The molecule has 112 valence electrons. The van der Waals surface area contributed by atoms with E-state index in [9.17, 15) is 4.39 Å². The van der Waals surface area contributed by atoms with Crippen molar-refractivity contribution < 1.29 is 9.13 Å². The maximum absolute atomic E-state index is 13.4. The lowest BCUT2D eigenvalue weighted by molar-refractivity contribution is 0.469. The molecule has 1 N–H and O–H groups in total. The molecular weight excluding hydrogens is 265 g/mol. The summed E-state index contributed by atoms with van der Waals surface area (Å²) in [6.45, 7) is 5.73. The van der Waals surface area contributed by atoms with E-state index >= 15 is 0 Å². The van der Waals surface area contributed by atoms with Crippen molar-refractivity contribution in [2.45, 2.75) is 33.2 Å². The van der Waals surface area contributed by atoms with Gasteiger partial charge in [0.2, 0.25) is 0 Å². The molecule has 0 aromatic heterocycles. The normalized spacial score (nSPS) is 10.6. The van der Waals surface area contributed by atoms with Crippen LogP contribution in [0.1, 0.15) is 31.4 Å². The molecule has 21 heavy (non-hydrogen) atoms. The van der Waals surface area contributed by atoms with Crippen LogP contribution >= 0.6 is 0 Å². The summed E-state index contributed by atoms with van der Waals surface area (Å²) in [6, 6.07) is 12.6. The van der Waals surface area contributed by atoms with Gasteiger partial charge in [0.25, 0.3) is 0 Å². The topological polar surface area (TPSA) is 21.3 Å². The Balaban J connectivity index is 2.13. The molecule has 0 fully saturated rings. The first-order chi connectivity index (χ1) is 10.2. The molecule has 2 aromatic rings. The van der Waals surface area contributed by atoms with Gasteiger partial charge in [-0.05, 0) is 55.3 Å². The van der Waals surface area contributed by atoms with Crippen molar-refractivity contribution in [2.24, 2.45) is 0 Å². The number of halogens is 1. The van der Waals surface area contributed by atoms with Gasteiger partial charge in [0.1, 0.15) is 17.3 Å². The summed E-state index contributed by atoms with van der Waals surface area (Å²) >= 11 is 0. The quantitative estimate of drug-likeness (QED) is 0.747. The highest BCUT2D eigenvalue weighted by Gasteiger charge is 2.06. The molecular formula is C18H22FNO. The molecule has 0 aliphatic rings. The van der Waals surface area contributed by atoms with Crippen molar-refractivity contribution in [3.05, 3.63) is 59.4 Å². The highest BCUT2D eigenvalue weighted by Crippen LogP contribution is 2.26. The van der Waals surface area contributed by atoms with Crippen molar-refractivity contribution in [3.63, 3.8) is 0 Å². The summed E-state index contributed by atoms with van der Waals surface area (Å²) in [6.07, 6.45) is 2.05. The number of hydrogen-bond acceptors (Lipinski definition) is 2. The number of benzene rings is 2. The van der Waals surface area contributed by atoms with Crippen molar-refractivity contribution in [1.29, 1.82) is 0 Å². The Morgan fingerprint density at radius 2 is 1.81 bits per heavy atom. The third kappa shape index (κ3) is 4.57. The van der Waals surface area contributed by atoms with Gasteiger partial charge in [-0.2, -0.15) is 0 Å². The van der Waals surface area contributed by atoms with Gasteiger partial charge in [0.05, 0.1) is 0 Å². The molecule has 0 aliphatic carbocycles. The third-order valence-electron chi connectivity index (χ3n) is 3.32. The number of nitrogens with one attached hydrogen (secondary N) is 1. The second-order valence-electron chi connectivity index (χ2n) is 5.03. The molecule has 0 aliphatic heterocycles. The van der Waals surface area contributed by atoms with Gasteiger partial charge in [-0.25, -0.2) is 4.39 Å². The smallest absolute Gasteiger partial charge is 0.132 e. The fourth-order valence-electron chi connectivity index (χ4n) is 2.11. The van der Waals surface area contributed by atoms with Gasteiger partial charge >= 0.3 is 0 Å². The van der Waals surface area contributed by atoms with Gasteiger partial charge in [0, 0.05) is 12.1 Å². The molecule has 0 atom stereocenters. The lowest BCUT2D eigenvalue weighted by Crippen LogP contribution is -2.14. The van der Waals surface area contributed by atoms with E-state index in [1.807, 2.05) is 24.3 Å². The van der Waals surface area contributed by atoms with E-state index < -0.39 is 0 Å². The van der Waals surface area contributed by atoms with Gasteiger partial charge in [-0.1, -0.05) is 26.0 Å². The molecule has 0 bridgehead atoms. The van der Waals surface area contributed by atoms with Crippen LogP contribution in [0.2, 0.25) is 0 Å². The summed E-state index contributed by atoms with van der Waals surface area (Å²) in [7, 11) is 0. The highest BCUT2D eigenvalue weighted by molar-refractivity contribution is 5.39. The summed E-state index contributed by atoms with van der Waals surface area (Å²) in [4.78, 5) is 0. The molecule has 2 rings (SSSR count). The standard InChI is InChI=1S/C18H22FNO/c1-3-11-20-13-15-12-16(19)7-10-18(15)21-17-8-5-14(4-2)6-9-17/h5-10,12,20H,3-4,11,13H2,1-2H3. The SMILES string of the molecule is CCCNCc1cc(F)ccc1Oc1ccc(CC)cc1. The van der Waals surface area contributed by atoms with E-state index in [0.717, 1.165) is 30.7 Å². The number of hydrogen-bond donors (Lipinski definition) is 1. The number of ether oxygens (including phenoxy) is 1. The van der Waals surface area contributed by atoms with Crippen LogP contribution in [0.4, 0.5) is 4.39 Å². The lowest BCUT2D eigenvalue weighted by Gasteiger charge is -2.12. The molecule has 0 spiro atoms. The first-order valence-corrected chi connectivity index (χ1v) is 7.49. The summed E-state index contributed by atoms with van der Waals surface area (Å²) in [5, 5.41) is 3.28. The van der Waals surface area contributed by atoms with Crippen molar-refractivity contribution >= 4 is 0 Å². The Labute approximate surface area is 126 Å². The molecule has 0 heterocycles. The zero-order valence-corrected chi connectivity index (χ0v) is 12.7. The maximum atomic E-state index is 13.4. The van der Waals surface area contributed by atoms with Gasteiger partial charge in [-0.15, -0.1) is 0 Å². The predicted octanol–water partition coefficient (Wildman–Crippen LogP) is 4.68. The average molecular weight is 287 g/mol. The van der Waals surface area contributed by atoms with E-state index in [1.165, 1.54) is 17.7 Å². The van der Waals surface area contributed by atoms with E-state index in [-0.39, 0.29) is 5.82 Å². The van der Waals surface area contributed by atoms with Crippen molar-refractivity contribution in [3.8, 4) is 11.5 Å². The zero-order valence-electron chi connectivity index (χ0n) is 12.7. The van der Waals surface area contributed by atoms with E-state index in [2.05, 4.69) is 19.2 Å². The van der Waals surface area contributed by atoms with Crippen LogP contribution in [-0.2, 0) is 13.0 Å². The maximum Gasteiger partial charge on any atom is 0.132 e. The molecule has 0 saturated carbocycles. The van der Waals surface area contributed by atoms with Crippen LogP contribution in [0.5, 0.6) is 11.5 Å². The van der Waals surface area contributed by atoms with Gasteiger partial charge in [-0.3, -0.25) is 0 Å². The Morgan fingerprint density at radius 1 is 1.05 bits per heavy atom. The average Bonchev–Trinajstić information content (AvgIpc) is 2.51. The summed E-state index contributed by atoms with van der Waals surface area (Å²) in [5.74, 6) is 1.23. The molecule has 2 nitrogen and oxygen atoms in total. The minimum absolute atomic E-state index is 0.239. The molecule has 0 unspecified atom stereocenters. The van der Waals surface area contributed by atoms with Crippen LogP contribution in [0.15, 0.2) is 42.5 Å².